The van der Waals surface area contributed by atoms with Gasteiger partial charge in [0.15, 0.2) is 0 Å². The fraction of sp³-hybridized carbons (Fsp3) is 0.824. The summed E-state index contributed by atoms with van der Waals surface area (Å²) in [5.74, 6) is 0.590. The normalized spacial score (nSPS) is 12.6. The van der Waals surface area contributed by atoms with Gasteiger partial charge >= 0.3 is 0 Å². The zero-order valence-corrected chi connectivity index (χ0v) is 30.8. The van der Waals surface area contributed by atoms with Gasteiger partial charge in [-0.25, -0.2) is 0 Å². The van der Waals surface area contributed by atoms with Crippen LogP contribution in [0, 0.1) is 12.8 Å². The summed E-state index contributed by atoms with van der Waals surface area (Å²) in [6.45, 7) is 16.9. The lowest BCUT2D eigenvalue weighted by atomic mass is 10.1. The van der Waals surface area contributed by atoms with E-state index in [1.54, 1.807) is 12.1 Å². The summed E-state index contributed by atoms with van der Waals surface area (Å²) in [7, 11) is -3.77. The van der Waals surface area contributed by atoms with Gasteiger partial charge < -0.3 is 52.1 Å². The van der Waals surface area contributed by atoms with Crippen molar-refractivity contribution in [3.63, 3.8) is 0 Å². The molecule has 49 heavy (non-hydrogen) atoms. The van der Waals surface area contributed by atoms with E-state index in [1.807, 2.05) is 6.92 Å². The van der Waals surface area contributed by atoms with Gasteiger partial charge in [0, 0.05) is 6.61 Å². The van der Waals surface area contributed by atoms with Gasteiger partial charge in [-0.2, -0.15) is 8.42 Å². The van der Waals surface area contributed by atoms with Gasteiger partial charge in [0.1, 0.15) is 0 Å². The number of benzene rings is 1. The first-order valence-electron chi connectivity index (χ1n) is 17.3. The van der Waals surface area contributed by atoms with E-state index in [0.29, 0.717) is 138 Å². The summed E-state index contributed by atoms with van der Waals surface area (Å²) in [5, 5.41) is 0. The Morgan fingerprint density at radius 2 is 0.714 bits per heavy atom. The second kappa shape index (κ2) is 33.8. The van der Waals surface area contributed by atoms with Crippen LogP contribution in [0.25, 0.3) is 0 Å². The Labute approximate surface area is 294 Å². The van der Waals surface area contributed by atoms with E-state index in [2.05, 4.69) is 13.8 Å². The second-order valence-corrected chi connectivity index (χ2v) is 12.4. The third-order valence-corrected chi connectivity index (χ3v) is 7.92. The maximum absolute atomic E-state index is 12.1. The highest BCUT2D eigenvalue weighted by atomic mass is 32.2. The molecule has 1 aromatic carbocycles. The van der Waals surface area contributed by atoms with Gasteiger partial charge in [0.05, 0.1) is 150 Å². The smallest absolute Gasteiger partial charge is 0.297 e. The van der Waals surface area contributed by atoms with Crippen molar-refractivity contribution in [2.45, 2.75) is 32.1 Å². The zero-order valence-electron chi connectivity index (χ0n) is 30.0. The first-order valence-corrected chi connectivity index (χ1v) is 18.7. The van der Waals surface area contributed by atoms with Gasteiger partial charge in [-0.05, 0) is 25.0 Å². The van der Waals surface area contributed by atoms with Crippen molar-refractivity contribution in [1.29, 1.82) is 0 Å². The van der Waals surface area contributed by atoms with Crippen LogP contribution in [-0.2, 0) is 66.4 Å². The molecule has 1 rings (SSSR count). The molecule has 0 spiro atoms. The summed E-state index contributed by atoms with van der Waals surface area (Å²) >= 11 is 0. The van der Waals surface area contributed by atoms with Gasteiger partial charge in [0.25, 0.3) is 10.1 Å². The third-order valence-electron chi connectivity index (χ3n) is 6.60. The number of rotatable bonds is 38. The van der Waals surface area contributed by atoms with Crippen LogP contribution in [0.15, 0.2) is 29.2 Å². The fourth-order valence-corrected chi connectivity index (χ4v) is 4.47. The van der Waals surface area contributed by atoms with Crippen LogP contribution in [-0.4, -0.2) is 160 Å². The molecule has 1 aromatic rings. The summed E-state index contributed by atoms with van der Waals surface area (Å²) in [4.78, 5) is 0.128. The van der Waals surface area contributed by atoms with E-state index in [-0.39, 0.29) is 18.1 Å². The molecule has 1 unspecified atom stereocenters. The largest absolute Gasteiger partial charge is 0.379 e. The maximum Gasteiger partial charge on any atom is 0.297 e. The van der Waals surface area contributed by atoms with Crippen LogP contribution in [0.4, 0.5) is 0 Å². The minimum Gasteiger partial charge on any atom is -0.379 e. The monoisotopic (exact) mass is 726 g/mol. The Morgan fingerprint density at radius 3 is 1.00 bits per heavy atom. The van der Waals surface area contributed by atoms with Crippen molar-refractivity contribution in [2.75, 3.05) is 152 Å². The van der Waals surface area contributed by atoms with Crippen LogP contribution < -0.4 is 0 Å². The molecule has 0 saturated carbocycles. The maximum atomic E-state index is 12.1. The molecule has 0 aliphatic rings. The van der Waals surface area contributed by atoms with Gasteiger partial charge in [-0.1, -0.05) is 38.0 Å². The van der Waals surface area contributed by atoms with Gasteiger partial charge in [-0.15, -0.1) is 0 Å². The van der Waals surface area contributed by atoms with E-state index >= 15 is 0 Å². The molecule has 0 aliphatic carbocycles. The minimum atomic E-state index is -3.77. The van der Waals surface area contributed by atoms with Crippen molar-refractivity contribution in [3.8, 4) is 0 Å². The summed E-state index contributed by atoms with van der Waals surface area (Å²) in [6.07, 6.45) is 1.13. The Bertz CT molecular complexity index is 935. The fourth-order valence-electron chi connectivity index (χ4n) is 3.58. The number of ether oxygens (including phenoxy) is 11. The standard InChI is InChI=1S/C34H62O14S/c1-4-32(2)31-47-28-27-45-24-23-43-20-19-41-16-15-39-12-11-37-9-10-38-13-14-40-17-18-42-21-22-44-25-26-46-29-30-48-49(35,36)34-7-5-33(3)6-8-34/h5-8,32H,4,9-31H2,1-3H3. The lowest BCUT2D eigenvalue weighted by Gasteiger charge is -2.10. The number of aryl methyl sites for hydroxylation is 1. The first-order chi connectivity index (χ1) is 24.0. The Hall–Kier alpha value is -1.31. The molecule has 0 aromatic heterocycles. The SMILES string of the molecule is CCC(C)COCCOCCOCCOCCOCCOCCOCCOCCOCCOCCOCCOS(=O)(=O)c1ccc(C)cc1. The number of hydrogen-bond acceptors (Lipinski definition) is 14. The van der Waals surface area contributed by atoms with Crippen molar-refractivity contribution in [1.82, 2.24) is 0 Å². The predicted molar refractivity (Wildman–Crippen MR) is 183 cm³/mol. The molecular formula is C34H62O14S. The van der Waals surface area contributed by atoms with Crippen LogP contribution in [0.3, 0.4) is 0 Å². The van der Waals surface area contributed by atoms with Gasteiger partial charge in [0.2, 0.25) is 0 Å². The molecule has 0 fully saturated rings. The minimum absolute atomic E-state index is 0.0589. The molecule has 288 valence electrons. The van der Waals surface area contributed by atoms with E-state index in [0.717, 1.165) is 18.6 Å². The zero-order chi connectivity index (χ0) is 35.5. The van der Waals surface area contributed by atoms with Crippen molar-refractivity contribution >= 4 is 10.1 Å². The molecule has 0 amide bonds. The highest BCUT2D eigenvalue weighted by Crippen LogP contribution is 2.13. The van der Waals surface area contributed by atoms with Gasteiger partial charge in [-0.3, -0.25) is 4.18 Å². The molecule has 1 atom stereocenters. The van der Waals surface area contributed by atoms with Crippen LogP contribution in [0.5, 0.6) is 0 Å². The second-order valence-electron chi connectivity index (χ2n) is 10.8. The third kappa shape index (κ3) is 30.1. The van der Waals surface area contributed by atoms with Crippen molar-refractivity contribution in [2.24, 2.45) is 5.92 Å². The number of hydrogen-bond donors (Lipinski definition) is 0. The molecule has 0 heterocycles. The van der Waals surface area contributed by atoms with E-state index < -0.39 is 10.1 Å². The summed E-state index contributed by atoms with van der Waals surface area (Å²) in [5.41, 5.74) is 0.975. The lowest BCUT2D eigenvalue weighted by Crippen LogP contribution is -2.16. The molecule has 0 aliphatic heterocycles. The lowest BCUT2D eigenvalue weighted by molar-refractivity contribution is -0.0280. The first kappa shape index (κ1) is 45.7. The highest BCUT2D eigenvalue weighted by molar-refractivity contribution is 7.86. The topological polar surface area (TPSA) is 145 Å². The van der Waals surface area contributed by atoms with Crippen LogP contribution >= 0.6 is 0 Å². The van der Waals surface area contributed by atoms with Crippen LogP contribution in [0.1, 0.15) is 25.8 Å². The van der Waals surface area contributed by atoms with E-state index in [1.165, 1.54) is 12.1 Å². The van der Waals surface area contributed by atoms with Crippen molar-refractivity contribution < 1.29 is 64.7 Å². The Morgan fingerprint density at radius 1 is 0.449 bits per heavy atom. The average molecular weight is 727 g/mol. The van der Waals surface area contributed by atoms with Crippen LogP contribution in [0.2, 0.25) is 0 Å². The molecule has 0 bridgehead atoms. The highest BCUT2D eigenvalue weighted by Gasteiger charge is 2.14. The molecule has 0 radical (unpaired) electrons. The quantitative estimate of drug-likeness (QED) is 0.0727. The average Bonchev–Trinajstić information content (AvgIpc) is 3.10. The molecule has 15 heteroatoms. The predicted octanol–water partition coefficient (Wildman–Crippen LogP) is 2.93. The molecule has 0 saturated heterocycles. The van der Waals surface area contributed by atoms with E-state index in [4.69, 9.17) is 56.3 Å². The van der Waals surface area contributed by atoms with E-state index in [9.17, 15) is 8.42 Å². The molecule has 0 N–H and O–H groups in total. The van der Waals surface area contributed by atoms with Crippen molar-refractivity contribution in [3.05, 3.63) is 29.8 Å². The molecular weight excluding hydrogens is 664 g/mol. The summed E-state index contributed by atoms with van der Waals surface area (Å²) in [6, 6.07) is 6.48. The summed E-state index contributed by atoms with van der Waals surface area (Å²) < 4.78 is 89.2. The molecule has 14 nitrogen and oxygen atoms in total. The Balaban J connectivity index is 1.67. The Kier molecular flexibility index (Phi) is 31.5.